The third-order valence-corrected chi connectivity index (χ3v) is 3.83. The molecule has 2 heterocycles. The minimum Gasteiger partial charge on any atom is -0.467 e. The van der Waals surface area contributed by atoms with Gasteiger partial charge in [0, 0.05) is 11.7 Å². The lowest BCUT2D eigenvalue weighted by Gasteiger charge is -2.22. The van der Waals surface area contributed by atoms with Gasteiger partial charge < -0.3 is 14.6 Å². The predicted octanol–water partition coefficient (Wildman–Crippen LogP) is 2.26. The van der Waals surface area contributed by atoms with Crippen LogP contribution in [0.1, 0.15) is 24.7 Å². The topological polar surface area (TPSA) is 62.6 Å². The van der Waals surface area contributed by atoms with Crippen molar-refractivity contribution in [1.82, 2.24) is 5.32 Å². The normalized spacial score (nSPS) is 16.4. The zero-order valence-electron chi connectivity index (χ0n) is 12.4. The first-order chi connectivity index (χ1) is 10.6. The van der Waals surface area contributed by atoms with E-state index in [1.165, 1.54) is 0 Å². The molecule has 0 radical (unpaired) electrons. The number of carbonyl (C=O) groups excluding carboxylic acids is 2. The van der Waals surface area contributed by atoms with Crippen LogP contribution in [-0.4, -0.2) is 17.9 Å². The number of anilines is 1. The largest absolute Gasteiger partial charge is 0.467 e. The number of nitrogens with one attached hydrogen (secondary N) is 1. The number of hydrogen-bond acceptors (Lipinski definition) is 3. The van der Waals surface area contributed by atoms with Crippen LogP contribution in [0.2, 0.25) is 0 Å². The van der Waals surface area contributed by atoms with Gasteiger partial charge in [0.25, 0.3) is 0 Å². The van der Waals surface area contributed by atoms with Crippen LogP contribution in [-0.2, 0) is 22.6 Å². The third-order valence-electron chi connectivity index (χ3n) is 3.83. The molecule has 0 fully saturated rings. The van der Waals surface area contributed by atoms with E-state index in [1.54, 1.807) is 23.3 Å². The second kappa shape index (κ2) is 6.05. The van der Waals surface area contributed by atoms with E-state index in [2.05, 4.69) is 5.32 Å². The molecule has 0 spiro atoms. The van der Waals surface area contributed by atoms with E-state index in [0.717, 1.165) is 17.7 Å². The van der Waals surface area contributed by atoms with Crippen LogP contribution in [0, 0.1) is 0 Å². The van der Waals surface area contributed by atoms with E-state index in [9.17, 15) is 9.59 Å². The van der Waals surface area contributed by atoms with Gasteiger partial charge in [-0.25, -0.2) is 0 Å². The van der Waals surface area contributed by atoms with Gasteiger partial charge in [0.2, 0.25) is 11.8 Å². The second-order valence-corrected chi connectivity index (χ2v) is 5.48. The Kier molecular flexibility index (Phi) is 3.96. The zero-order chi connectivity index (χ0) is 15.5. The van der Waals surface area contributed by atoms with Crippen molar-refractivity contribution in [3.63, 3.8) is 0 Å². The van der Waals surface area contributed by atoms with Crippen LogP contribution in [0.15, 0.2) is 47.1 Å². The van der Waals surface area contributed by atoms with E-state index in [0.29, 0.717) is 12.3 Å². The average Bonchev–Trinajstić information content (AvgIpc) is 3.11. The van der Waals surface area contributed by atoms with Gasteiger partial charge in [-0.1, -0.05) is 18.2 Å². The average molecular weight is 298 g/mol. The molecular weight excluding hydrogens is 280 g/mol. The SMILES string of the molecule is CC1Cc2ccccc2N1C(=O)CC(=O)NCc1ccco1. The van der Waals surface area contributed by atoms with Crippen LogP contribution in [0.5, 0.6) is 0 Å². The maximum Gasteiger partial charge on any atom is 0.236 e. The fraction of sp³-hybridized carbons (Fsp3) is 0.294. The van der Waals surface area contributed by atoms with E-state index >= 15 is 0 Å². The number of furan rings is 1. The lowest BCUT2D eigenvalue weighted by atomic mass is 10.1. The molecule has 3 rings (SSSR count). The maximum atomic E-state index is 12.4. The highest BCUT2D eigenvalue weighted by molar-refractivity contribution is 6.06. The Bertz CT molecular complexity index is 679. The second-order valence-electron chi connectivity index (χ2n) is 5.48. The van der Waals surface area contributed by atoms with Gasteiger partial charge in [-0.05, 0) is 37.1 Å². The minimum atomic E-state index is -0.294. The van der Waals surface area contributed by atoms with Gasteiger partial charge in [-0.15, -0.1) is 0 Å². The Morgan fingerprint density at radius 1 is 1.27 bits per heavy atom. The molecule has 2 aromatic rings. The van der Waals surface area contributed by atoms with E-state index in [-0.39, 0.29) is 24.3 Å². The van der Waals surface area contributed by atoms with Gasteiger partial charge in [0.05, 0.1) is 12.8 Å². The molecule has 22 heavy (non-hydrogen) atoms. The number of carbonyl (C=O) groups is 2. The molecule has 1 atom stereocenters. The molecule has 114 valence electrons. The molecule has 1 unspecified atom stereocenters. The van der Waals surface area contributed by atoms with Gasteiger partial charge in [0.15, 0.2) is 0 Å². The van der Waals surface area contributed by atoms with Crippen molar-refractivity contribution in [3.8, 4) is 0 Å². The summed E-state index contributed by atoms with van der Waals surface area (Å²) in [4.78, 5) is 26.1. The maximum absolute atomic E-state index is 12.4. The first kappa shape index (κ1) is 14.4. The molecule has 0 saturated carbocycles. The summed E-state index contributed by atoms with van der Waals surface area (Å²) in [7, 11) is 0. The lowest BCUT2D eigenvalue weighted by Crippen LogP contribution is -2.39. The first-order valence-electron chi connectivity index (χ1n) is 7.34. The standard InChI is InChI=1S/C17H18N2O3/c1-12-9-13-5-2-3-7-15(13)19(12)17(21)10-16(20)18-11-14-6-4-8-22-14/h2-8,12H,9-11H2,1H3,(H,18,20). The van der Waals surface area contributed by atoms with Crippen LogP contribution in [0.4, 0.5) is 5.69 Å². The highest BCUT2D eigenvalue weighted by atomic mass is 16.3. The van der Waals surface area contributed by atoms with Crippen molar-refractivity contribution in [2.24, 2.45) is 0 Å². The molecule has 1 aromatic carbocycles. The third kappa shape index (κ3) is 2.88. The number of benzene rings is 1. The summed E-state index contributed by atoms with van der Waals surface area (Å²) in [6.45, 7) is 2.30. The quantitative estimate of drug-likeness (QED) is 0.881. The molecule has 5 nitrogen and oxygen atoms in total. The fourth-order valence-electron chi connectivity index (χ4n) is 2.83. The molecule has 0 aliphatic carbocycles. The van der Waals surface area contributed by atoms with Gasteiger partial charge >= 0.3 is 0 Å². The smallest absolute Gasteiger partial charge is 0.236 e. The number of fused-ring (bicyclic) bond motifs is 1. The molecule has 0 bridgehead atoms. The van der Waals surface area contributed by atoms with E-state index in [1.807, 2.05) is 31.2 Å². The first-order valence-corrected chi connectivity index (χ1v) is 7.34. The number of hydrogen-bond donors (Lipinski definition) is 1. The van der Waals surface area contributed by atoms with Crippen LogP contribution < -0.4 is 10.2 Å². The zero-order valence-corrected chi connectivity index (χ0v) is 12.4. The number of nitrogens with zero attached hydrogens (tertiary/aromatic N) is 1. The summed E-state index contributed by atoms with van der Waals surface area (Å²) in [5.41, 5.74) is 2.07. The van der Waals surface area contributed by atoms with Gasteiger partial charge in [-0.3, -0.25) is 9.59 Å². The van der Waals surface area contributed by atoms with E-state index in [4.69, 9.17) is 4.42 Å². The highest BCUT2D eigenvalue weighted by Crippen LogP contribution is 2.32. The molecule has 1 aromatic heterocycles. The van der Waals surface area contributed by atoms with Crippen LogP contribution in [0.25, 0.3) is 0 Å². The Hall–Kier alpha value is -2.56. The molecular formula is C17H18N2O3. The van der Waals surface area contributed by atoms with Crippen LogP contribution in [0.3, 0.4) is 0 Å². The van der Waals surface area contributed by atoms with Crippen molar-refractivity contribution in [2.45, 2.75) is 32.4 Å². The molecule has 1 N–H and O–H groups in total. The van der Waals surface area contributed by atoms with Gasteiger partial charge in [-0.2, -0.15) is 0 Å². The molecule has 0 saturated heterocycles. The molecule has 5 heteroatoms. The summed E-state index contributed by atoms with van der Waals surface area (Å²) in [6, 6.07) is 11.5. The number of rotatable bonds is 4. The van der Waals surface area contributed by atoms with Crippen LogP contribution >= 0.6 is 0 Å². The summed E-state index contributed by atoms with van der Waals surface area (Å²) in [6.07, 6.45) is 2.23. The summed E-state index contributed by atoms with van der Waals surface area (Å²) >= 11 is 0. The van der Waals surface area contributed by atoms with Crippen molar-refractivity contribution in [3.05, 3.63) is 54.0 Å². The van der Waals surface area contributed by atoms with Crippen molar-refractivity contribution >= 4 is 17.5 Å². The molecule has 1 aliphatic rings. The number of para-hydroxylation sites is 1. The number of amides is 2. The molecule has 2 amide bonds. The predicted molar refractivity (Wildman–Crippen MR) is 82.3 cm³/mol. The Labute approximate surface area is 128 Å². The van der Waals surface area contributed by atoms with Crippen molar-refractivity contribution in [2.75, 3.05) is 4.90 Å². The summed E-state index contributed by atoms with van der Waals surface area (Å²) in [5, 5.41) is 2.70. The molecule has 1 aliphatic heterocycles. The van der Waals surface area contributed by atoms with Crippen molar-refractivity contribution in [1.29, 1.82) is 0 Å². The van der Waals surface area contributed by atoms with Crippen molar-refractivity contribution < 1.29 is 14.0 Å². The summed E-state index contributed by atoms with van der Waals surface area (Å²) < 4.78 is 5.14. The fourth-order valence-corrected chi connectivity index (χ4v) is 2.83. The van der Waals surface area contributed by atoms with E-state index < -0.39 is 0 Å². The van der Waals surface area contributed by atoms with Gasteiger partial charge in [0.1, 0.15) is 12.2 Å². The Balaban J connectivity index is 1.61. The minimum absolute atomic E-state index is 0.0859. The Morgan fingerprint density at radius 3 is 2.86 bits per heavy atom. The lowest BCUT2D eigenvalue weighted by molar-refractivity contribution is -0.128. The summed E-state index contributed by atoms with van der Waals surface area (Å²) in [5.74, 6) is 0.202. The Morgan fingerprint density at radius 2 is 2.09 bits per heavy atom. The monoisotopic (exact) mass is 298 g/mol. The highest BCUT2D eigenvalue weighted by Gasteiger charge is 2.31.